The third-order valence-electron chi connectivity index (χ3n) is 6.59. The standard InChI is InChI=1S/C18H29N3O3/c1-9-21-12(3)13(11(2)19-21)10-20(8)14(22)18(15(23)24)16(4,5)17(18,6)7/h9-10H2,1-8H3,(H,23,24). The summed E-state index contributed by atoms with van der Waals surface area (Å²) in [6.07, 6.45) is 0. The molecular weight excluding hydrogens is 306 g/mol. The summed E-state index contributed by atoms with van der Waals surface area (Å²) in [6.45, 7) is 14.5. The molecule has 0 unspecified atom stereocenters. The van der Waals surface area contributed by atoms with E-state index in [-0.39, 0.29) is 5.91 Å². The topological polar surface area (TPSA) is 75.4 Å². The van der Waals surface area contributed by atoms with Crippen LogP contribution in [-0.2, 0) is 22.7 Å². The summed E-state index contributed by atoms with van der Waals surface area (Å²) in [5.41, 5.74) is 0.339. The van der Waals surface area contributed by atoms with Crippen molar-refractivity contribution in [3.8, 4) is 0 Å². The van der Waals surface area contributed by atoms with Gasteiger partial charge < -0.3 is 10.0 Å². The Morgan fingerprint density at radius 3 is 2.00 bits per heavy atom. The van der Waals surface area contributed by atoms with Crippen LogP contribution in [0.15, 0.2) is 0 Å². The lowest BCUT2D eigenvalue weighted by Gasteiger charge is -2.24. The first-order valence-electron chi connectivity index (χ1n) is 8.39. The Balaban J connectivity index is 2.34. The molecule has 0 radical (unpaired) electrons. The largest absolute Gasteiger partial charge is 0.480 e. The normalized spacial score (nSPS) is 19.8. The van der Waals surface area contributed by atoms with E-state index in [1.54, 1.807) is 11.9 Å². The number of aliphatic carboxylic acids is 1. The number of hydrogen-bond donors (Lipinski definition) is 1. The van der Waals surface area contributed by atoms with Gasteiger partial charge in [0, 0.05) is 31.4 Å². The first-order chi connectivity index (χ1) is 10.9. The van der Waals surface area contributed by atoms with E-state index in [2.05, 4.69) is 5.10 Å². The number of carbonyl (C=O) groups excluding carboxylic acids is 1. The number of rotatable bonds is 5. The van der Waals surface area contributed by atoms with Gasteiger partial charge in [0.1, 0.15) is 0 Å². The molecule has 1 N–H and O–H groups in total. The maximum Gasteiger partial charge on any atom is 0.320 e. The van der Waals surface area contributed by atoms with Crippen molar-refractivity contribution in [2.75, 3.05) is 7.05 Å². The van der Waals surface area contributed by atoms with Crippen LogP contribution >= 0.6 is 0 Å². The summed E-state index contributed by atoms with van der Waals surface area (Å²) in [5, 5.41) is 14.3. The third-order valence-corrected chi connectivity index (χ3v) is 6.59. The maximum atomic E-state index is 13.1. The molecule has 2 rings (SSSR count). The Bertz CT molecular complexity index is 687. The van der Waals surface area contributed by atoms with Crippen LogP contribution in [0.4, 0.5) is 0 Å². The van der Waals surface area contributed by atoms with E-state index in [0.717, 1.165) is 23.5 Å². The lowest BCUT2D eigenvalue weighted by molar-refractivity contribution is -0.156. The highest BCUT2D eigenvalue weighted by Crippen LogP contribution is 2.78. The van der Waals surface area contributed by atoms with Gasteiger partial charge in [0.2, 0.25) is 5.91 Å². The van der Waals surface area contributed by atoms with Crippen LogP contribution in [0.3, 0.4) is 0 Å². The molecule has 1 amide bonds. The van der Waals surface area contributed by atoms with Crippen LogP contribution in [0, 0.1) is 30.1 Å². The number of carboxylic acid groups (broad SMARTS) is 1. The summed E-state index contributed by atoms with van der Waals surface area (Å²) < 4.78 is 1.90. The van der Waals surface area contributed by atoms with Crippen LogP contribution < -0.4 is 0 Å². The van der Waals surface area contributed by atoms with Crippen molar-refractivity contribution in [1.29, 1.82) is 0 Å². The molecule has 0 atom stereocenters. The monoisotopic (exact) mass is 335 g/mol. The minimum atomic E-state index is -1.38. The van der Waals surface area contributed by atoms with Gasteiger partial charge in [0.15, 0.2) is 5.41 Å². The molecule has 1 saturated carbocycles. The zero-order chi connectivity index (χ0) is 18.7. The molecule has 0 aromatic carbocycles. The predicted molar refractivity (Wildman–Crippen MR) is 91.5 cm³/mol. The van der Waals surface area contributed by atoms with Gasteiger partial charge in [-0.05, 0) is 31.6 Å². The van der Waals surface area contributed by atoms with E-state index in [1.165, 1.54) is 0 Å². The van der Waals surface area contributed by atoms with Gasteiger partial charge in [0.05, 0.1) is 5.69 Å². The summed E-state index contributed by atoms with van der Waals surface area (Å²) >= 11 is 0. The zero-order valence-corrected chi connectivity index (χ0v) is 16.0. The Morgan fingerprint density at radius 1 is 1.17 bits per heavy atom. The van der Waals surface area contributed by atoms with Crippen LogP contribution in [0.1, 0.15) is 51.6 Å². The first kappa shape index (κ1) is 18.5. The van der Waals surface area contributed by atoms with Crippen LogP contribution in [0.25, 0.3) is 0 Å². The van der Waals surface area contributed by atoms with E-state index >= 15 is 0 Å². The van der Waals surface area contributed by atoms with Crippen LogP contribution in [0.5, 0.6) is 0 Å². The molecule has 1 aliphatic carbocycles. The van der Waals surface area contributed by atoms with Gasteiger partial charge in [-0.1, -0.05) is 27.7 Å². The summed E-state index contributed by atoms with van der Waals surface area (Å²) in [5.74, 6) is -1.36. The number of hydrogen-bond acceptors (Lipinski definition) is 3. The highest BCUT2D eigenvalue weighted by Gasteiger charge is 2.86. The van der Waals surface area contributed by atoms with Gasteiger partial charge >= 0.3 is 5.97 Å². The van der Waals surface area contributed by atoms with Gasteiger partial charge in [-0.3, -0.25) is 14.3 Å². The van der Waals surface area contributed by atoms with Crippen LogP contribution in [0.2, 0.25) is 0 Å². The van der Waals surface area contributed by atoms with Gasteiger partial charge in [-0.2, -0.15) is 5.10 Å². The number of aryl methyl sites for hydroxylation is 2. The molecule has 134 valence electrons. The second-order valence-electron chi connectivity index (χ2n) is 7.93. The molecule has 0 bridgehead atoms. The molecule has 1 aliphatic rings. The molecular formula is C18H29N3O3. The highest BCUT2D eigenvalue weighted by atomic mass is 16.4. The Kier molecular flexibility index (Phi) is 4.10. The number of aromatic nitrogens is 2. The SMILES string of the molecule is CCn1nc(C)c(CN(C)C(=O)C2(C(=O)O)C(C)(C)C2(C)C)c1C. The number of carbonyl (C=O) groups is 2. The molecule has 1 heterocycles. The number of nitrogens with zero attached hydrogens (tertiary/aromatic N) is 3. The minimum Gasteiger partial charge on any atom is -0.480 e. The molecule has 0 saturated heterocycles. The molecule has 0 spiro atoms. The molecule has 24 heavy (non-hydrogen) atoms. The second-order valence-corrected chi connectivity index (χ2v) is 7.93. The molecule has 1 fully saturated rings. The van der Waals surface area contributed by atoms with Crippen molar-refractivity contribution in [3.05, 3.63) is 17.0 Å². The van der Waals surface area contributed by atoms with Gasteiger partial charge in [-0.25, -0.2) is 0 Å². The molecule has 1 aromatic heterocycles. The van der Waals surface area contributed by atoms with Crippen LogP contribution in [-0.4, -0.2) is 38.7 Å². The van der Waals surface area contributed by atoms with E-state index < -0.39 is 22.2 Å². The Morgan fingerprint density at radius 2 is 1.67 bits per heavy atom. The number of carboxylic acids is 1. The average molecular weight is 335 g/mol. The fourth-order valence-corrected chi connectivity index (χ4v) is 4.34. The summed E-state index contributed by atoms with van der Waals surface area (Å²) in [4.78, 5) is 26.7. The van der Waals surface area contributed by atoms with Crippen molar-refractivity contribution >= 4 is 11.9 Å². The maximum absolute atomic E-state index is 13.1. The smallest absolute Gasteiger partial charge is 0.320 e. The lowest BCUT2D eigenvalue weighted by Crippen LogP contribution is -2.42. The van der Waals surface area contributed by atoms with Gasteiger partial charge in [-0.15, -0.1) is 0 Å². The number of amides is 1. The highest BCUT2D eigenvalue weighted by molar-refractivity contribution is 6.08. The molecule has 6 nitrogen and oxygen atoms in total. The Labute approximate surface area is 143 Å². The third kappa shape index (κ3) is 1.98. The summed E-state index contributed by atoms with van der Waals surface area (Å²) in [7, 11) is 1.68. The van der Waals surface area contributed by atoms with Crippen molar-refractivity contribution in [2.24, 2.45) is 16.2 Å². The fourth-order valence-electron chi connectivity index (χ4n) is 4.34. The molecule has 1 aromatic rings. The summed E-state index contributed by atoms with van der Waals surface area (Å²) in [6, 6.07) is 0. The molecule has 0 aliphatic heterocycles. The van der Waals surface area contributed by atoms with E-state index in [1.807, 2.05) is 53.1 Å². The van der Waals surface area contributed by atoms with E-state index in [0.29, 0.717) is 6.54 Å². The van der Waals surface area contributed by atoms with Gasteiger partial charge in [0.25, 0.3) is 0 Å². The second kappa shape index (κ2) is 5.33. The van der Waals surface area contributed by atoms with E-state index in [9.17, 15) is 14.7 Å². The fraction of sp³-hybridized carbons (Fsp3) is 0.722. The average Bonchev–Trinajstić information content (AvgIpc) is 2.68. The van der Waals surface area contributed by atoms with Crippen molar-refractivity contribution in [2.45, 2.75) is 61.6 Å². The lowest BCUT2D eigenvalue weighted by atomic mass is 9.92. The van der Waals surface area contributed by atoms with Crippen molar-refractivity contribution in [1.82, 2.24) is 14.7 Å². The Hall–Kier alpha value is -1.85. The quantitative estimate of drug-likeness (QED) is 0.839. The van der Waals surface area contributed by atoms with Crippen molar-refractivity contribution < 1.29 is 14.7 Å². The first-order valence-corrected chi connectivity index (χ1v) is 8.39. The molecule has 6 heteroatoms. The minimum absolute atomic E-state index is 0.326. The zero-order valence-electron chi connectivity index (χ0n) is 16.0. The van der Waals surface area contributed by atoms with Crippen molar-refractivity contribution in [3.63, 3.8) is 0 Å². The predicted octanol–water partition coefficient (Wildman–Crippen LogP) is 2.62. The van der Waals surface area contributed by atoms with E-state index in [4.69, 9.17) is 0 Å².